The lowest BCUT2D eigenvalue weighted by Crippen LogP contribution is -2.16. The fourth-order valence-electron chi connectivity index (χ4n) is 2.87. The van der Waals surface area contributed by atoms with Crippen molar-refractivity contribution < 1.29 is 18.7 Å². The van der Waals surface area contributed by atoms with Crippen molar-refractivity contribution in [3.8, 4) is 11.5 Å². The average molecular weight is 457 g/mol. The molecular weight excluding hydrogens is 436 g/mol. The summed E-state index contributed by atoms with van der Waals surface area (Å²) >= 11 is 3.40. The molecule has 0 aliphatic heterocycles. The van der Waals surface area contributed by atoms with E-state index in [4.69, 9.17) is 13.9 Å². The number of carbonyl (C=O) groups excluding carboxylic acids is 1. The number of amides is 1. The number of methoxy groups -OCH3 is 1. The summed E-state index contributed by atoms with van der Waals surface area (Å²) in [5.74, 6) is 1.04. The number of fused-ring (bicyclic) bond motifs is 1. The van der Waals surface area contributed by atoms with E-state index in [2.05, 4.69) is 33.0 Å². The van der Waals surface area contributed by atoms with Gasteiger partial charge in [-0.25, -0.2) is 5.43 Å². The minimum Gasteiger partial charge on any atom is -0.493 e. The van der Waals surface area contributed by atoms with Crippen molar-refractivity contribution in [2.75, 3.05) is 13.7 Å². The fourth-order valence-corrected chi connectivity index (χ4v) is 3.25. The molecule has 0 fully saturated rings. The second kappa shape index (κ2) is 9.43. The summed E-state index contributed by atoms with van der Waals surface area (Å²) in [4.78, 5) is 12.3. The van der Waals surface area contributed by atoms with Crippen LogP contribution in [0.4, 0.5) is 0 Å². The zero-order valence-corrected chi connectivity index (χ0v) is 17.8. The molecule has 0 radical (unpaired) electrons. The molecular formula is C22H21BrN2O4. The van der Waals surface area contributed by atoms with E-state index in [-0.39, 0.29) is 5.76 Å². The van der Waals surface area contributed by atoms with Crippen molar-refractivity contribution in [3.05, 3.63) is 70.4 Å². The Hall–Kier alpha value is -3.06. The van der Waals surface area contributed by atoms with Crippen LogP contribution in [0, 0.1) is 0 Å². The number of hydrazone groups is 1. The molecule has 6 nitrogen and oxygen atoms in total. The number of nitrogens with zero attached hydrogens (tertiary/aromatic N) is 1. The number of carbonyl (C=O) groups is 1. The highest BCUT2D eigenvalue weighted by Crippen LogP contribution is 2.33. The first kappa shape index (κ1) is 20.7. The standard InChI is InChI=1S/C22H21BrN2O4/c1-4-6-15-9-14(10-19(27-3)21(15)28-5-2)13-24-25-22(26)20-12-16-11-17(23)7-8-18(16)29-20/h4,7-13H,1,5-6H2,2-3H3,(H,25,26)/b24-13+. The molecule has 1 amide bonds. The van der Waals surface area contributed by atoms with Crippen LogP contribution < -0.4 is 14.9 Å². The monoisotopic (exact) mass is 456 g/mol. The Morgan fingerprint density at radius 1 is 1.31 bits per heavy atom. The van der Waals surface area contributed by atoms with Crippen LogP contribution in [0.3, 0.4) is 0 Å². The van der Waals surface area contributed by atoms with Crippen LogP contribution in [0.1, 0.15) is 28.6 Å². The molecule has 1 aromatic heterocycles. The Morgan fingerprint density at radius 3 is 2.86 bits per heavy atom. The summed E-state index contributed by atoms with van der Waals surface area (Å²) in [7, 11) is 1.58. The first-order valence-corrected chi connectivity index (χ1v) is 9.82. The molecule has 0 atom stereocenters. The molecule has 7 heteroatoms. The fraction of sp³-hybridized carbons (Fsp3) is 0.182. The van der Waals surface area contributed by atoms with E-state index in [9.17, 15) is 4.79 Å². The molecule has 3 rings (SSSR count). The normalized spacial score (nSPS) is 11.0. The topological polar surface area (TPSA) is 73.1 Å². The zero-order valence-electron chi connectivity index (χ0n) is 16.2. The minimum absolute atomic E-state index is 0.187. The molecule has 2 aromatic carbocycles. The van der Waals surface area contributed by atoms with E-state index in [0.717, 1.165) is 21.0 Å². The van der Waals surface area contributed by atoms with Gasteiger partial charge in [0.15, 0.2) is 17.3 Å². The van der Waals surface area contributed by atoms with Crippen molar-refractivity contribution in [1.29, 1.82) is 0 Å². The predicted molar refractivity (Wildman–Crippen MR) is 117 cm³/mol. The van der Waals surface area contributed by atoms with Crippen molar-refractivity contribution in [1.82, 2.24) is 5.43 Å². The molecule has 0 bridgehead atoms. The first-order valence-electron chi connectivity index (χ1n) is 9.02. The van der Waals surface area contributed by atoms with Crippen molar-refractivity contribution >= 4 is 39.0 Å². The molecule has 3 aromatic rings. The quantitative estimate of drug-likeness (QED) is 0.290. The Labute approximate surface area is 177 Å². The van der Waals surface area contributed by atoms with E-state index in [1.54, 1.807) is 37.6 Å². The molecule has 0 unspecified atom stereocenters. The largest absolute Gasteiger partial charge is 0.493 e. The molecule has 0 spiro atoms. The number of nitrogens with one attached hydrogen (secondary N) is 1. The van der Waals surface area contributed by atoms with Crippen molar-refractivity contribution in [2.24, 2.45) is 5.10 Å². The number of benzene rings is 2. The van der Waals surface area contributed by atoms with Crippen LogP contribution in [-0.2, 0) is 6.42 Å². The SMILES string of the molecule is C=CCc1cc(/C=N/NC(=O)c2cc3cc(Br)ccc3o2)cc(OC)c1OCC. The Morgan fingerprint density at radius 2 is 2.14 bits per heavy atom. The van der Waals surface area contributed by atoms with Crippen molar-refractivity contribution in [2.45, 2.75) is 13.3 Å². The number of ether oxygens (including phenoxy) is 2. The second-order valence-corrected chi connectivity index (χ2v) is 7.04. The molecule has 0 saturated heterocycles. The lowest BCUT2D eigenvalue weighted by atomic mass is 10.1. The summed E-state index contributed by atoms with van der Waals surface area (Å²) in [6, 6.07) is 10.9. The number of allylic oxidation sites excluding steroid dienone is 1. The third-order valence-electron chi connectivity index (χ3n) is 4.11. The number of hydrogen-bond acceptors (Lipinski definition) is 5. The zero-order chi connectivity index (χ0) is 20.8. The average Bonchev–Trinajstić information content (AvgIpc) is 3.13. The van der Waals surface area contributed by atoms with Gasteiger partial charge < -0.3 is 13.9 Å². The third kappa shape index (κ3) is 4.86. The van der Waals surface area contributed by atoms with Gasteiger partial charge in [0.05, 0.1) is 19.9 Å². The highest BCUT2D eigenvalue weighted by molar-refractivity contribution is 9.10. The van der Waals surface area contributed by atoms with Gasteiger partial charge in [0.25, 0.3) is 0 Å². The summed E-state index contributed by atoms with van der Waals surface area (Å²) in [5, 5.41) is 4.87. The maximum atomic E-state index is 12.3. The predicted octanol–water partition coefficient (Wildman–Crippen LogP) is 5.10. The summed E-state index contributed by atoms with van der Waals surface area (Å²) in [6.07, 6.45) is 3.95. The van der Waals surface area contributed by atoms with E-state index < -0.39 is 5.91 Å². The van der Waals surface area contributed by atoms with Gasteiger partial charge in [-0.3, -0.25) is 4.79 Å². The van der Waals surface area contributed by atoms with E-state index in [0.29, 0.717) is 30.1 Å². The van der Waals surface area contributed by atoms with E-state index >= 15 is 0 Å². The summed E-state index contributed by atoms with van der Waals surface area (Å²) in [5.41, 5.74) is 4.80. The van der Waals surface area contributed by atoms with E-state index in [1.807, 2.05) is 25.1 Å². The molecule has 0 saturated carbocycles. The second-order valence-electron chi connectivity index (χ2n) is 6.13. The number of furan rings is 1. The van der Waals surface area contributed by atoms with Gasteiger partial charge in [0.2, 0.25) is 0 Å². The number of halogens is 1. The van der Waals surface area contributed by atoms with Crippen molar-refractivity contribution in [3.63, 3.8) is 0 Å². The summed E-state index contributed by atoms with van der Waals surface area (Å²) in [6.45, 7) is 6.23. The highest BCUT2D eigenvalue weighted by atomic mass is 79.9. The van der Waals surface area contributed by atoms with Gasteiger partial charge in [0.1, 0.15) is 5.58 Å². The maximum absolute atomic E-state index is 12.3. The van der Waals surface area contributed by atoms with Crippen LogP contribution in [-0.4, -0.2) is 25.8 Å². The van der Waals surface area contributed by atoms with Crippen LogP contribution in [0.25, 0.3) is 11.0 Å². The lowest BCUT2D eigenvalue weighted by Gasteiger charge is -2.14. The van der Waals surface area contributed by atoms with Gasteiger partial charge in [-0.05, 0) is 55.3 Å². The molecule has 1 heterocycles. The van der Waals surface area contributed by atoms with Crippen LogP contribution >= 0.6 is 15.9 Å². The van der Waals surface area contributed by atoms with Crippen LogP contribution in [0.2, 0.25) is 0 Å². The van der Waals surface area contributed by atoms with Gasteiger partial charge in [-0.15, -0.1) is 6.58 Å². The molecule has 150 valence electrons. The number of rotatable bonds is 8. The minimum atomic E-state index is -0.433. The molecule has 0 aliphatic rings. The number of hydrogen-bond donors (Lipinski definition) is 1. The molecule has 29 heavy (non-hydrogen) atoms. The summed E-state index contributed by atoms with van der Waals surface area (Å²) < 4.78 is 17.6. The maximum Gasteiger partial charge on any atom is 0.307 e. The van der Waals surface area contributed by atoms with Gasteiger partial charge in [-0.1, -0.05) is 22.0 Å². The van der Waals surface area contributed by atoms with Gasteiger partial charge in [-0.2, -0.15) is 5.10 Å². The van der Waals surface area contributed by atoms with Gasteiger partial charge >= 0.3 is 5.91 Å². The van der Waals surface area contributed by atoms with Crippen LogP contribution in [0.5, 0.6) is 11.5 Å². The first-order chi connectivity index (χ1) is 14.0. The smallest absolute Gasteiger partial charge is 0.307 e. The Balaban J connectivity index is 1.78. The Bertz CT molecular complexity index is 1070. The third-order valence-corrected chi connectivity index (χ3v) is 4.60. The molecule has 1 N–H and O–H groups in total. The lowest BCUT2D eigenvalue weighted by molar-refractivity contribution is 0.0929. The van der Waals surface area contributed by atoms with Crippen LogP contribution in [0.15, 0.2) is 63.0 Å². The highest BCUT2D eigenvalue weighted by Gasteiger charge is 2.13. The molecule has 0 aliphatic carbocycles. The van der Waals surface area contributed by atoms with Gasteiger partial charge in [0, 0.05) is 15.4 Å². The van der Waals surface area contributed by atoms with E-state index in [1.165, 1.54) is 0 Å². The Kier molecular flexibility index (Phi) is 6.72.